The molecule has 0 bridgehead atoms. The number of carbonyl (C=O) groups is 1. The number of nitrogens with zero attached hydrogens (tertiary/aromatic N) is 2. The van der Waals surface area contributed by atoms with Gasteiger partial charge in [0.05, 0.1) is 34.6 Å². The predicted octanol–water partition coefficient (Wildman–Crippen LogP) is 4.51. The summed E-state index contributed by atoms with van der Waals surface area (Å²) in [5, 5.41) is 3.37. The molecule has 31 heavy (non-hydrogen) atoms. The minimum absolute atomic E-state index is 0.170. The van der Waals surface area contributed by atoms with E-state index in [0.29, 0.717) is 33.2 Å². The maximum atomic E-state index is 13.3. The lowest BCUT2D eigenvalue weighted by atomic mass is 10.2. The van der Waals surface area contributed by atoms with E-state index in [-0.39, 0.29) is 11.5 Å². The van der Waals surface area contributed by atoms with E-state index < -0.39 is 5.25 Å². The molecule has 156 valence electrons. The van der Waals surface area contributed by atoms with Gasteiger partial charge in [0.25, 0.3) is 5.56 Å². The van der Waals surface area contributed by atoms with Crippen LogP contribution in [0.4, 0.5) is 5.69 Å². The number of hydrogen-bond donors (Lipinski definition) is 1. The molecule has 0 saturated heterocycles. The number of nitrogens with one attached hydrogen (secondary N) is 1. The van der Waals surface area contributed by atoms with Crippen LogP contribution in [0, 0.1) is 0 Å². The first kappa shape index (κ1) is 20.7. The Labute approximate surface area is 183 Å². The summed E-state index contributed by atoms with van der Waals surface area (Å²) in [6, 6.07) is 23.8. The van der Waals surface area contributed by atoms with Gasteiger partial charge in [-0.2, -0.15) is 0 Å². The van der Waals surface area contributed by atoms with Crippen molar-refractivity contribution >= 4 is 34.3 Å². The van der Waals surface area contributed by atoms with E-state index in [9.17, 15) is 9.59 Å². The van der Waals surface area contributed by atoms with Gasteiger partial charge in [0.1, 0.15) is 5.75 Å². The lowest BCUT2D eigenvalue weighted by Gasteiger charge is -2.17. The maximum Gasteiger partial charge on any atom is 0.266 e. The topological polar surface area (TPSA) is 73.2 Å². The third-order valence-electron chi connectivity index (χ3n) is 4.78. The third-order valence-corrected chi connectivity index (χ3v) is 5.83. The molecule has 6 nitrogen and oxygen atoms in total. The average Bonchev–Trinajstić information content (AvgIpc) is 2.80. The first-order chi connectivity index (χ1) is 15.1. The minimum atomic E-state index is -0.507. The number of hydrogen-bond acceptors (Lipinski definition) is 5. The summed E-state index contributed by atoms with van der Waals surface area (Å²) < 4.78 is 6.86. The van der Waals surface area contributed by atoms with Crippen LogP contribution in [0.25, 0.3) is 16.6 Å². The summed E-state index contributed by atoms with van der Waals surface area (Å²) in [5.41, 5.74) is 1.72. The van der Waals surface area contributed by atoms with Crippen LogP contribution in [-0.4, -0.2) is 27.8 Å². The van der Waals surface area contributed by atoms with Gasteiger partial charge in [-0.25, -0.2) is 4.98 Å². The van der Waals surface area contributed by atoms with Gasteiger partial charge in [-0.15, -0.1) is 0 Å². The number of benzene rings is 3. The normalized spacial score (nSPS) is 11.8. The summed E-state index contributed by atoms with van der Waals surface area (Å²) in [4.78, 5) is 30.8. The number of aromatic nitrogens is 2. The van der Waals surface area contributed by atoms with E-state index in [2.05, 4.69) is 5.32 Å². The molecule has 1 N–H and O–H groups in total. The molecular weight excluding hydrogens is 410 g/mol. The molecule has 0 aliphatic rings. The predicted molar refractivity (Wildman–Crippen MR) is 124 cm³/mol. The molecule has 0 radical (unpaired) electrons. The molecule has 0 aliphatic carbocycles. The number of anilines is 1. The van der Waals surface area contributed by atoms with Crippen LogP contribution >= 0.6 is 11.8 Å². The highest BCUT2D eigenvalue weighted by Gasteiger charge is 2.21. The number of thioether (sulfide) groups is 1. The quantitative estimate of drug-likeness (QED) is 0.359. The lowest BCUT2D eigenvalue weighted by molar-refractivity contribution is -0.115. The second-order valence-electron chi connectivity index (χ2n) is 6.84. The number of para-hydroxylation sites is 4. The molecule has 7 heteroatoms. The van der Waals surface area contributed by atoms with Crippen LogP contribution in [0.5, 0.6) is 5.75 Å². The van der Waals surface area contributed by atoms with Crippen molar-refractivity contribution in [2.75, 3.05) is 12.4 Å². The molecule has 0 saturated carbocycles. The molecule has 1 heterocycles. The smallest absolute Gasteiger partial charge is 0.266 e. The van der Waals surface area contributed by atoms with Gasteiger partial charge in [0.2, 0.25) is 5.91 Å². The number of carbonyl (C=O) groups excluding carboxylic acids is 1. The van der Waals surface area contributed by atoms with Crippen molar-refractivity contribution < 1.29 is 9.53 Å². The largest absolute Gasteiger partial charge is 0.495 e. The van der Waals surface area contributed by atoms with Gasteiger partial charge in [0.15, 0.2) is 5.16 Å². The van der Waals surface area contributed by atoms with Crippen molar-refractivity contribution in [2.24, 2.45) is 0 Å². The van der Waals surface area contributed by atoms with Gasteiger partial charge in [-0.3, -0.25) is 14.2 Å². The van der Waals surface area contributed by atoms with Crippen molar-refractivity contribution in [3.05, 3.63) is 89.2 Å². The summed E-state index contributed by atoms with van der Waals surface area (Å²) in [7, 11) is 1.56. The Hall–Kier alpha value is -3.58. The summed E-state index contributed by atoms with van der Waals surface area (Å²) in [6.07, 6.45) is 0. The van der Waals surface area contributed by atoms with E-state index in [4.69, 9.17) is 9.72 Å². The van der Waals surface area contributed by atoms with Gasteiger partial charge in [0, 0.05) is 0 Å². The Morgan fingerprint density at radius 3 is 2.45 bits per heavy atom. The fourth-order valence-electron chi connectivity index (χ4n) is 3.19. The summed E-state index contributed by atoms with van der Waals surface area (Å²) in [6.45, 7) is 1.78. The Bertz CT molecular complexity index is 1290. The van der Waals surface area contributed by atoms with Crippen LogP contribution < -0.4 is 15.6 Å². The molecule has 1 atom stereocenters. The fourth-order valence-corrected chi connectivity index (χ4v) is 4.12. The van der Waals surface area contributed by atoms with Gasteiger partial charge < -0.3 is 10.1 Å². The van der Waals surface area contributed by atoms with Gasteiger partial charge >= 0.3 is 0 Å². The third kappa shape index (κ3) is 4.32. The van der Waals surface area contributed by atoms with Crippen LogP contribution in [-0.2, 0) is 4.79 Å². The molecule has 0 fully saturated rings. The molecule has 0 aliphatic heterocycles. The summed E-state index contributed by atoms with van der Waals surface area (Å²) in [5.74, 6) is 0.370. The molecular formula is C24H21N3O3S. The average molecular weight is 432 g/mol. The van der Waals surface area contributed by atoms with Crippen molar-refractivity contribution in [1.29, 1.82) is 0 Å². The van der Waals surface area contributed by atoms with Gasteiger partial charge in [-0.05, 0) is 43.3 Å². The minimum Gasteiger partial charge on any atom is -0.495 e. The zero-order valence-electron chi connectivity index (χ0n) is 17.1. The monoisotopic (exact) mass is 431 g/mol. The number of methoxy groups -OCH3 is 1. The first-order valence-electron chi connectivity index (χ1n) is 9.76. The Morgan fingerprint density at radius 1 is 1.00 bits per heavy atom. The second-order valence-corrected chi connectivity index (χ2v) is 8.15. The Balaban J connectivity index is 1.70. The molecule has 1 unspecified atom stereocenters. The summed E-state index contributed by atoms with van der Waals surface area (Å²) >= 11 is 1.23. The number of amides is 1. The van der Waals surface area contributed by atoms with Crippen molar-refractivity contribution in [2.45, 2.75) is 17.3 Å². The molecule has 1 amide bonds. The lowest BCUT2D eigenvalue weighted by Crippen LogP contribution is -2.26. The SMILES string of the molecule is COc1ccccc1NC(=O)C(C)Sc1nc2ccccc2c(=O)n1-c1ccccc1. The van der Waals surface area contributed by atoms with Crippen molar-refractivity contribution in [1.82, 2.24) is 9.55 Å². The molecule has 4 aromatic rings. The van der Waals surface area contributed by atoms with E-state index >= 15 is 0 Å². The van der Waals surface area contributed by atoms with E-state index in [0.717, 1.165) is 0 Å². The molecule has 3 aromatic carbocycles. The molecule has 0 spiro atoms. The van der Waals surface area contributed by atoms with Crippen LogP contribution in [0.15, 0.2) is 88.8 Å². The highest BCUT2D eigenvalue weighted by molar-refractivity contribution is 8.00. The maximum absolute atomic E-state index is 13.3. The zero-order valence-corrected chi connectivity index (χ0v) is 17.9. The van der Waals surface area contributed by atoms with Crippen molar-refractivity contribution in [3.63, 3.8) is 0 Å². The van der Waals surface area contributed by atoms with Crippen LogP contribution in [0.2, 0.25) is 0 Å². The molecule has 4 rings (SSSR count). The van der Waals surface area contributed by atoms with E-state index in [1.54, 1.807) is 42.9 Å². The Morgan fingerprint density at radius 2 is 1.68 bits per heavy atom. The van der Waals surface area contributed by atoms with E-state index in [1.165, 1.54) is 11.8 Å². The van der Waals surface area contributed by atoms with Gasteiger partial charge in [-0.1, -0.05) is 54.2 Å². The number of ether oxygens (including phenoxy) is 1. The standard InChI is InChI=1S/C24H21N3O3S/c1-16(22(28)25-20-14-8-9-15-21(20)30-2)31-24-26-19-13-7-6-12-18(19)23(29)27(24)17-10-4-3-5-11-17/h3-16H,1-2H3,(H,25,28). The zero-order chi connectivity index (χ0) is 21.8. The first-order valence-corrected chi connectivity index (χ1v) is 10.6. The fraction of sp³-hybridized carbons (Fsp3) is 0.125. The number of rotatable bonds is 6. The van der Waals surface area contributed by atoms with Crippen LogP contribution in [0.1, 0.15) is 6.92 Å². The number of fused-ring (bicyclic) bond motifs is 1. The Kier molecular flexibility index (Phi) is 6.04. The van der Waals surface area contributed by atoms with E-state index in [1.807, 2.05) is 54.6 Å². The highest BCUT2D eigenvalue weighted by atomic mass is 32.2. The molecule has 1 aromatic heterocycles. The highest BCUT2D eigenvalue weighted by Crippen LogP contribution is 2.28. The van der Waals surface area contributed by atoms with Crippen molar-refractivity contribution in [3.8, 4) is 11.4 Å². The second kappa shape index (κ2) is 9.06. The van der Waals surface area contributed by atoms with Crippen LogP contribution in [0.3, 0.4) is 0 Å².